The van der Waals surface area contributed by atoms with E-state index in [-0.39, 0.29) is 5.91 Å². The van der Waals surface area contributed by atoms with Crippen molar-refractivity contribution in [2.45, 2.75) is 6.92 Å². The largest absolute Gasteiger partial charge is 0.322 e. The number of nitrogens with zero attached hydrogens (tertiary/aromatic N) is 1. The van der Waals surface area contributed by atoms with Crippen molar-refractivity contribution < 1.29 is 14.4 Å². The molecular weight excluding hydrogens is 356 g/mol. The first-order valence-electron chi connectivity index (χ1n) is 8.52. The Bertz CT molecular complexity index is 1000. The van der Waals surface area contributed by atoms with Crippen LogP contribution >= 0.6 is 0 Å². The molecule has 0 atom stereocenters. The molecule has 0 radical (unpaired) electrons. The van der Waals surface area contributed by atoms with E-state index in [2.05, 4.69) is 21.2 Å². The Morgan fingerprint density at radius 1 is 0.750 bits per heavy atom. The molecule has 2 aromatic carbocycles. The number of rotatable bonds is 4. The van der Waals surface area contributed by atoms with Crippen LogP contribution in [-0.2, 0) is 0 Å². The van der Waals surface area contributed by atoms with Gasteiger partial charge in [0, 0.05) is 29.2 Å². The quantitative estimate of drug-likeness (QED) is 0.611. The van der Waals surface area contributed by atoms with Crippen LogP contribution in [0, 0.1) is 6.92 Å². The molecule has 3 N–H and O–H groups in total. The minimum atomic E-state index is -0.478. The van der Waals surface area contributed by atoms with Crippen LogP contribution < -0.4 is 16.2 Å². The van der Waals surface area contributed by atoms with Crippen molar-refractivity contribution in [2.75, 3.05) is 5.32 Å². The van der Waals surface area contributed by atoms with Crippen LogP contribution in [0.2, 0.25) is 0 Å². The normalized spacial score (nSPS) is 10.0. The highest BCUT2D eigenvalue weighted by molar-refractivity contribution is 6.04. The fourth-order valence-corrected chi connectivity index (χ4v) is 2.45. The van der Waals surface area contributed by atoms with Crippen LogP contribution in [0.3, 0.4) is 0 Å². The Balaban J connectivity index is 1.57. The number of benzene rings is 2. The van der Waals surface area contributed by atoms with Gasteiger partial charge in [0.05, 0.1) is 5.56 Å². The first kappa shape index (κ1) is 18.8. The van der Waals surface area contributed by atoms with Gasteiger partial charge in [0.1, 0.15) is 0 Å². The Labute approximate surface area is 161 Å². The zero-order valence-electron chi connectivity index (χ0n) is 15.1. The SMILES string of the molecule is Cc1cccc(C(=O)Nc2ccc(C(=O)NNC(=O)c3cccnc3)cc2)c1. The second-order valence-electron chi connectivity index (χ2n) is 6.05. The zero-order chi connectivity index (χ0) is 19.9. The maximum Gasteiger partial charge on any atom is 0.271 e. The molecule has 3 rings (SSSR count). The van der Waals surface area contributed by atoms with E-state index in [0.29, 0.717) is 22.4 Å². The third-order valence-corrected chi connectivity index (χ3v) is 3.90. The lowest BCUT2D eigenvalue weighted by Gasteiger charge is -2.09. The Hall–Kier alpha value is -4.00. The minimum absolute atomic E-state index is 0.232. The van der Waals surface area contributed by atoms with Crippen molar-refractivity contribution in [1.82, 2.24) is 15.8 Å². The predicted molar refractivity (Wildman–Crippen MR) is 105 cm³/mol. The van der Waals surface area contributed by atoms with Gasteiger partial charge in [0.15, 0.2) is 0 Å². The van der Waals surface area contributed by atoms with Crippen LogP contribution in [0.4, 0.5) is 5.69 Å². The van der Waals surface area contributed by atoms with Crippen molar-refractivity contribution in [2.24, 2.45) is 0 Å². The number of nitrogens with one attached hydrogen (secondary N) is 3. The lowest BCUT2D eigenvalue weighted by Crippen LogP contribution is -2.41. The van der Waals surface area contributed by atoms with Crippen molar-refractivity contribution in [3.05, 3.63) is 95.3 Å². The summed E-state index contributed by atoms with van der Waals surface area (Å²) in [6.45, 7) is 1.91. The first-order valence-corrected chi connectivity index (χ1v) is 8.52. The number of carbonyl (C=O) groups is 3. The molecule has 1 aromatic heterocycles. The van der Waals surface area contributed by atoms with Crippen molar-refractivity contribution in [1.29, 1.82) is 0 Å². The second-order valence-corrected chi connectivity index (χ2v) is 6.05. The molecule has 0 bridgehead atoms. The molecule has 7 heteroatoms. The standard InChI is InChI=1S/C21H18N4O3/c1-14-4-2-5-16(12-14)19(26)23-18-9-7-15(8-10-18)20(27)24-25-21(28)17-6-3-11-22-13-17/h2-13H,1H3,(H,23,26)(H,24,27)(H,25,28). The molecule has 3 amide bonds. The molecule has 28 heavy (non-hydrogen) atoms. The Morgan fingerprint density at radius 2 is 1.43 bits per heavy atom. The van der Waals surface area contributed by atoms with E-state index in [9.17, 15) is 14.4 Å². The molecule has 0 unspecified atom stereocenters. The average molecular weight is 374 g/mol. The topological polar surface area (TPSA) is 100 Å². The number of aryl methyl sites for hydroxylation is 1. The molecular formula is C21H18N4O3. The third kappa shape index (κ3) is 4.79. The summed E-state index contributed by atoms with van der Waals surface area (Å²) in [7, 11) is 0. The van der Waals surface area contributed by atoms with Crippen LogP contribution in [0.25, 0.3) is 0 Å². The number of amides is 3. The van der Waals surface area contributed by atoms with Gasteiger partial charge in [-0.1, -0.05) is 17.7 Å². The van der Waals surface area contributed by atoms with Gasteiger partial charge in [-0.25, -0.2) is 0 Å². The molecule has 0 aliphatic rings. The summed E-state index contributed by atoms with van der Waals surface area (Å²) in [6.07, 6.45) is 2.95. The number of aromatic nitrogens is 1. The number of hydrogen-bond acceptors (Lipinski definition) is 4. The molecule has 1 heterocycles. The van der Waals surface area contributed by atoms with Gasteiger partial charge in [0.25, 0.3) is 17.7 Å². The number of pyridine rings is 1. The van der Waals surface area contributed by atoms with Crippen molar-refractivity contribution in [3.63, 3.8) is 0 Å². The summed E-state index contributed by atoms with van der Waals surface area (Å²) in [6, 6.07) is 16.8. The lowest BCUT2D eigenvalue weighted by atomic mass is 10.1. The Kier molecular flexibility index (Phi) is 5.76. The molecule has 0 saturated heterocycles. The summed E-state index contributed by atoms with van der Waals surface area (Å²) in [4.78, 5) is 40.1. The average Bonchev–Trinajstić information content (AvgIpc) is 2.73. The van der Waals surface area contributed by atoms with E-state index >= 15 is 0 Å². The summed E-state index contributed by atoms with van der Waals surface area (Å²) in [5, 5.41) is 2.78. The molecule has 7 nitrogen and oxygen atoms in total. The van der Waals surface area contributed by atoms with Crippen LogP contribution in [0.5, 0.6) is 0 Å². The van der Waals surface area contributed by atoms with E-state index in [1.54, 1.807) is 54.7 Å². The molecule has 0 aliphatic carbocycles. The zero-order valence-corrected chi connectivity index (χ0v) is 15.1. The van der Waals surface area contributed by atoms with Crippen molar-refractivity contribution in [3.8, 4) is 0 Å². The van der Waals surface area contributed by atoms with E-state index in [1.807, 2.05) is 19.1 Å². The van der Waals surface area contributed by atoms with Crippen molar-refractivity contribution >= 4 is 23.4 Å². The number of carbonyl (C=O) groups excluding carboxylic acids is 3. The Morgan fingerprint density at radius 3 is 2.07 bits per heavy atom. The van der Waals surface area contributed by atoms with Gasteiger partial charge >= 0.3 is 0 Å². The fourth-order valence-electron chi connectivity index (χ4n) is 2.45. The highest BCUT2D eigenvalue weighted by Gasteiger charge is 2.10. The van der Waals surface area contributed by atoms with Gasteiger partial charge in [-0.05, 0) is 55.5 Å². The maximum absolute atomic E-state index is 12.3. The highest BCUT2D eigenvalue weighted by atomic mass is 16.2. The van der Waals surface area contributed by atoms with Crippen LogP contribution in [-0.4, -0.2) is 22.7 Å². The number of hydrogen-bond donors (Lipinski definition) is 3. The van der Waals surface area contributed by atoms with Gasteiger partial charge in [0.2, 0.25) is 0 Å². The highest BCUT2D eigenvalue weighted by Crippen LogP contribution is 2.12. The van der Waals surface area contributed by atoms with E-state index in [4.69, 9.17) is 0 Å². The number of hydrazine groups is 1. The molecule has 0 fully saturated rings. The molecule has 0 saturated carbocycles. The van der Waals surface area contributed by atoms with Crippen LogP contribution in [0.1, 0.15) is 36.6 Å². The van der Waals surface area contributed by atoms with Gasteiger partial charge < -0.3 is 5.32 Å². The van der Waals surface area contributed by atoms with E-state index < -0.39 is 11.8 Å². The van der Waals surface area contributed by atoms with Crippen LogP contribution in [0.15, 0.2) is 73.1 Å². The van der Waals surface area contributed by atoms with Gasteiger partial charge in [-0.2, -0.15) is 0 Å². The summed E-state index contributed by atoms with van der Waals surface area (Å²) in [5.41, 5.74) is 7.43. The third-order valence-electron chi connectivity index (χ3n) is 3.90. The smallest absolute Gasteiger partial charge is 0.271 e. The minimum Gasteiger partial charge on any atom is -0.322 e. The maximum atomic E-state index is 12.3. The first-order chi connectivity index (χ1) is 13.5. The molecule has 140 valence electrons. The molecule has 3 aromatic rings. The fraction of sp³-hybridized carbons (Fsp3) is 0.0476. The summed E-state index contributed by atoms with van der Waals surface area (Å²) >= 11 is 0. The monoisotopic (exact) mass is 374 g/mol. The van der Waals surface area contributed by atoms with Gasteiger partial charge in [-0.15, -0.1) is 0 Å². The summed E-state index contributed by atoms with van der Waals surface area (Å²) in [5.74, 6) is -1.18. The summed E-state index contributed by atoms with van der Waals surface area (Å²) < 4.78 is 0. The number of anilines is 1. The predicted octanol–water partition coefficient (Wildman–Crippen LogP) is 2.72. The molecule has 0 aliphatic heterocycles. The van der Waals surface area contributed by atoms with Gasteiger partial charge in [-0.3, -0.25) is 30.2 Å². The second kappa shape index (κ2) is 8.59. The lowest BCUT2D eigenvalue weighted by molar-refractivity contribution is 0.0846. The van der Waals surface area contributed by atoms with E-state index in [0.717, 1.165) is 5.56 Å². The molecule has 0 spiro atoms. The van der Waals surface area contributed by atoms with E-state index in [1.165, 1.54) is 6.20 Å².